The van der Waals surface area contributed by atoms with Crippen LogP contribution in [-0.4, -0.2) is 6.54 Å². The number of hydrogen-bond acceptors (Lipinski definition) is 1. The topological polar surface area (TPSA) is 12.0 Å². The molecule has 0 spiro atoms. The van der Waals surface area contributed by atoms with Crippen molar-refractivity contribution in [1.82, 2.24) is 5.32 Å². The summed E-state index contributed by atoms with van der Waals surface area (Å²) in [6.45, 7) is 4.37. The van der Waals surface area contributed by atoms with E-state index in [2.05, 4.69) is 5.32 Å². The fourth-order valence-corrected chi connectivity index (χ4v) is 2.61. The Balaban J connectivity index is 2.35. The summed E-state index contributed by atoms with van der Waals surface area (Å²) in [6, 6.07) is 9.77. The largest absolute Gasteiger partial charge is 0.310 e. The van der Waals surface area contributed by atoms with Crippen LogP contribution in [0.5, 0.6) is 0 Å². The van der Waals surface area contributed by atoms with Crippen LogP contribution in [0.25, 0.3) is 0 Å². The zero-order chi connectivity index (χ0) is 15.4. The van der Waals surface area contributed by atoms with Crippen LogP contribution in [0.3, 0.4) is 0 Å². The predicted molar refractivity (Wildman–Crippen MR) is 82.7 cm³/mol. The van der Waals surface area contributed by atoms with Crippen molar-refractivity contribution < 1.29 is 8.78 Å². The average Bonchev–Trinajstić information content (AvgIpc) is 2.46. The van der Waals surface area contributed by atoms with E-state index in [-0.39, 0.29) is 16.9 Å². The summed E-state index contributed by atoms with van der Waals surface area (Å²) in [4.78, 5) is 0. The molecule has 0 saturated carbocycles. The zero-order valence-electron chi connectivity index (χ0n) is 12.1. The Morgan fingerprint density at radius 3 is 2.57 bits per heavy atom. The SMILES string of the molecule is CCNC(Cc1cccc(F)c1Cl)c1cccc(C)c1F. The van der Waals surface area contributed by atoms with E-state index in [0.29, 0.717) is 29.7 Å². The molecular weight excluding hydrogens is 292 g/mol. The Morgan fingerprint density at radius 2 is 1.86 bits per heavy atom. The first kappa shape index (κ1) is 15.9. The van der Waals surface area contributed by atoms with E-state index in [9.17, 15) is 8.78 Å². The fourth-order valence-electron chi connectivity index (χ4n) is 2.40. The van der Waals surface area contributed by atoms with E-state index in [0.717, 1.165) is 0 Å². The summed E-state index contributed by atoms with van der Waals surface area (Å²) in [5.74, 6) is -0.676. The lowest BCUT2D eigenvalue weighted by molar-refractivity contribution is 0.506. The van der Waals surface area contributed by atoms with Crippen LogP contribution in [0.4, 0.5) is 8.78 Å². The normalized spacial score (nSPS) is 12.4. The first-order valence-electron chi connectivity index (χ1n) is 6.95. The van der Waals surface area contributed by atoms with Crippen molar-refractivity contribution in [2.45, 2.75) is 26.3 Å². The van der Waals surface area contributed by atoms with Gasteiger partial charge in [0.05, 0.1) is 5.02 Å². The quantitative estimate of drug-likeness (QED) is 0.835. The summed E-state index contributed by atoms with van der Waals surface area (Å²) in [5, 5.41) is 3.35. The minimum atomic E-state index is -0.450. The van der Waals surface area contributed by atoms with E-state index < -0.39 is 5.82 Å². The molecule has 4 heteroatoms. The zero-order valence-corrected chi connectivity index (χ0v) is 12.8. The van der Waals surface area contributed by atoms with Gasteiger partial charge >= 0.3 is 0 Å². The third kappa shape index (κ3) is 3.60. The van der Waals surface area contributed by atoms with Crippen molar-refractivity contribution in [3.8, 4) is 0 Å². The van der Waals surface area contributed by atoms with Crippen molar-refractivity contribution in [1.29, 1.82) is 0 Å². The average molecular weight is 310 g/mol. The second-order valence-electron chi connectivity index (χ2n) is 5.01. The second kappa shape index (κ2) is 7.01. The number of hydrogen-bond donors (Lipinski definition) is 1. The molecule has 21 heavy (non-hydrogen) atoms. The Hall–Kier alpha value is -1.45. The highest BCUT2D eigenvalue weighted by Gasteiger charge is 2.18. The van der Waals surface area contributed by atoms with Crippen molar-refractivity contribution >= 4 is 11.6 Å². The number of aryl methyl sites for hydroxylation is 1. The number of likely N-dealkylation sites (N-methyl/N-ethyl adjacent to an activating group) is 1. The predicted octanol–water partition coefficient (Wildman–Crippen LogP) is 4.82. The van der Waals surface area contributed by atoms with Crippen LogP contribution in [-0.2, 0) is 6.42 Å². The standard InChI is InChI=1S/C17H18ClF2N/c1-3-21-15(13-8-4-6-11(2)17(13)20)10-12-7-5-9-14(19)16(12)18/h4-9,15,21H,3,10H2,1-2H3. The van der Waals surface area contributed by atoms with Crippen LogP contribution >= 0.6 is 11.6 Å². The Morgan fingerprint density at radius 1 is 1.14 bits per heavy atom. The van der Waals surface area contributed by atoms with Crippen molar-refractivity contribution in [2.24, 2.45) is 0 Å². The molecular formula is C17H18ClF2N. The third-order valence-corrected chi connectivity index (χ3v) is 3.93. The minimum absolute atomic E-state index is 0.105. The molecule has 2 aromatic rings. The smallest absolute Gasteiger partial charge is 0.142 e. The van der Waals surface area contributed by atoms with Crippen LogP contribution in [0.1, 0.15) is 29.7 Å². The van der Waals surface area contributed by atoms with Gasteiger partial charge in [-0.1, -0.05) is 48.9 Å². The number of rotatable bonds is 5. The van der Waals surface area contributed by atoms with Crippen LogP contribution in [0.2, 0.25) is 5.02 Å². The Kier molecular flexibility index (Phi) is 5.32. The summed E-state index contributed by atoms with van der Waals surface area (Å²) in [7, 11) is 0. The van der Waals surface area contributed by atoms with Gasteiger partial charge in [-0.25, -0.2) is 8.78 Å². The minimum Gasteiger partial charge on any atom is -0.310 e. The van der Waals surface area contributed by atoms with E-state index >= 15 is 0 Å². The van der Waals surface area contributed by atoms with Gasteiger partial charge in [-0.2, -0.15) is 0 Å². The number of benzene rings is 2. The molecule has 0 aliphatic carbocycles. The van der Waals surface area contributed by atoms with E-state index in [4.69, 9.17) is 11.6 Å². The maximum absolute atomic E-state index is 14.3. The van der Waals surface area contributed by atoms with Gasteiger partial charge in [-0.15, -0.1) is 0 Å². The first-order chi connectivity index (χ1) is 10.0. The molecule has 0 radical (unpaired) electrons. The molecule has 1 atom stereocenters. The summed E-state index contributed by atoms with van der Waals surface area (Å²) in [6.07, 6.45) is 0.435. The van der Waals surface area contributed by atoms with Gasteiger partial charge in [-0.05, 0) is 37.1 Å². The van der Waals surface area contributed by atoms with E-state index in [1.54, 1.807) is 31.2 Å². The lowest BCUT2D eigenvalue weighted by Gasteiger charge is -2.20. The maximum Gasteiger partial charge on any atom is 0.142 e. The Labute approximate surface area is 128 Å². The highest BCUT2D eigenvalue weighted by Crippen LogP contribution is 2.27. The summed E-state index contributed by atoms with van der Waals surface area (Å²) >= 11 is 6.00. The molecule has 0 heterocycles. The van der Waals surface area contributed by atoms with E-state index in [1.165, 1.54) is 6.07 Å². The van der Waals surface area contributed by atoms with Crippen molar-refractivity contribution in [2.75, 3.05) is 6.54 Å². The molecule has 112 valence electrons. The van der Waals surface area contributed by atoms with Gasteiger partial charge in [0, 0.05) is 11.6 Å². The van der Waals surface area contributed by atoms with Gasteiger partial charge in [0.15, 0.2) is 0 Å². The first-order valence-corrected chi connectivity index (χ1v) is 7.33. The van der Waals surface area contributed by atoms with Gasteiger partial charge in [0.25, 0.3) is 0 Å². The molecule has 2 rings (SSSR count). The van der Waals surface area contributed by atoms with Crippen molar-refractivity contribution in [3.05, 3.63) is 69.7 Å². The van der Waals surface area contributed by atoms with Gasteiger partial charge in [-0.3, -0.25) is 0 Å². The van der Waals surface area contributed by atoms with Gasteiger partial charge in [0.1, 0.15) is 11.6 Å². The molecule has 0 bridgehead atoms. The lowest BCUT2D eigenvalue weighted by Crippen LogP contribution is -2.24. The molecule has 0 aromatic heterocycles. The molecule has 1 N–H and O–H groups in total. The maximum atomic E-state index is 14.3. The summed E-state index contributed by atoms with van der Waals surface area (Å²) < 4.78 is 27.8. The number of halogens is 3. The van der Waals surface area contributed by atoms with Gasteiger partial charge in [0.2, 0.25) is 0 Å². The van der Waals surface area contributed by atoms with Gasteiger partial charge < -0.3 is 5.32 Å². The monoisotopic (exact) mass is 309 g/mol. The molecule has 1 unspecified atom stereocenters. The number of nitrogens with one attached hydrogen (secondary N) is 1. The van der Waals surface area contributed by atoms with Crippen molar-refractivity contribution in [3.63, 3.8) is 0 Å². The molecule has 2 aromatic carbocycles. The van der Waals surface area contributed by atoms with Crippen LogP contribution in [0.15, 0.2) is 36.4 Å². The van der Waals surface area contributed by atoms with Crippen LogP contribution < -0.4 is 5.32 Å². The van der Waals surface area contributed by atoms with Crippen LogP contribution in [0, 0.1) is 18.6 Å². The molecule has 0 saturated heterocycles. The molecule has 0 fully saturated rings. The third-order valence-electron chi connectivity index (χ3n) is 3.50. The fraction of sp³-hybridized carbons (Fsp3) is 0.294. The highest BCUT2D eigenvalue weighted by atomic mass is 35.5. The van der Waals surface area contributed by atoms with E-state index in [1.807, 2.05) is 13.0 Å². The lowest BCUT2D eigenvalue weighted by atomic mass is 9.96. The Bertz CT molecular complexity index is 628. The molecule has 0 amide bonds. The highest BCUT2D eigenvalue weighted by molar-refractivity contribution is 6.31. The summed E-state index contributed by atoms with van der Waals surface area (Å²) in [5.41, 5.74) is 1.85. The second-order valence-corrected chi connectivity index (χ2v) is 5.38. The molecule has 0 aliphatic rings. The molecule has 1 nitrogen and oxygen atoms in total. The molecule has 0 aliphatic heterocycles.